The molecule has 0 radical (unpaired) electrons. The highest BCUT2D eigenvalue weighted by Gasteiger charge is 2.14. The first-order valence-electron chi connectivity index (χ1n) is 3.69. The third kappa shape index (κ3) is 1.40. The Morgan fingerprint density at radius 1 is 1.50 bits per heavy atom. The van der Waals surface area contributed by atoms with Crippen molar-refractivity contribution in [3.05, 3.63) is 33.5 Å². The van der Waals surface area contributed by atoms with Crippen LogP contribution in [0.4, 0.5) is 0 Å². The summed E-state index contributed by atoms with van der Waals surface area (Å²) in [7, 11) is 0. The van der Waals surface area contributed by atoms with Crippen LogP contribution >= 0.6 is 27.5 Å². The summed E-state index contributed by atoms with van der Waals surface area (Å²) >= 11 is 9.03. The number of carboxylic acids is 1. The summed E-state index contributed by atoms with van der Waals surface area (Å²) in [6.07, 6.45) is 1.20. The van der Waals surface area contributed by atoms with E-state index in [-0.39, 0.29) is 5.56 Å². The van der Waals surface area contributed by atoms with Crippen LogP contribution in [0.2, 0.25) is 5.02 Å². The molecule has 0 atom stereocenters. The van der Waals surface area contributed by atoms with Crippen LogP contribution in [0.3, 0.4) is 0 Å². The van der Waals surface area contributed by atoms with Gasteiger partial charge in [-0.05, 0) is 28.1 Å². The van der Waals surface area contributed by atoms with Gasteiger partial charge in [0, 0.05) is 10.4 Å². The molecule has 0 fully saturated rings. The quantitative estimate of drug-likeness (QED) is 0.866. The Bertz CT molecular complexity index is 518. The minimum atomic E-state index is -1.03. The Hall–Kier alpha value is -1.00. The molecule has 14 heavy (non-hydrogen) atoms. The molecule has 72 valence electrons. The fourth-order valence-electron chi connectivity index (χ4n) is 1.23. The molecule has 2 aromatic rings. The third-order valence-electron chi connectivity index (χ3n) is 1.82. The lowest BCUT2D eigenvalue weighted by Gasteiger charge is -1.95. The predicted molar refractivity (Wildman–Crippen MR) is 55.9 cm³/mol. The number of fused-ring (bicyclic) bond motifs is 1. The van der Waals surface area contributed by atoms with Crippen LogP contribution in [0, 0.1) is 0 Å². The van der Waals surface area contributed by atoms with Crippen molar-refractivity contribution < 1.29 is 14.3 Å². The number of carbonyl (C=O) groups is 1. The van der Waals surface area contributed by atoms with Gasteiger partial charge in [0.25, 0.3) is 0 Å². The highest BCUT2D eigenvalue weighted by molar-refractivity contribution is 9.10. The van der Waals surface area contributed by atoms with Gasteiger partial charge in [-0.15, -0.1) is 0 Å². The zero-order valence-corrected chi connectivity index (χ0v) is 9.09. The van der Waals surface area contributed by atoms with Crippen molar-refractivity contribution in [2.75, 3.05) is 0 Å². The second kappa shape index (κ2) is 3.29. The smallest absolute Gasteiger partial charge is 0.339 e. The molecule has 0 aliphatic heterocycles. The summed E-state index contributed by atoms with van der Waals surface area (Å²) in [5.41, 5.74) is 0.606. The summed E-state index contributed by atoms with van der Waals surface area (Å²) < 4.78 is 5.76. The molecular weight excluding hydrogens is 271 g/mol. The van der Waals surface area contributed by atoms with E-state index in [4.69, 9.17) is 21.1 Å². The van der Waals surface area contributed by atoms with Crippen LogP contribution in [-0.2, 0) is 0 Å². The molecular formula is C9H4BrClO3. The molecule has 0 saturated carbocycles. The zero-order valence-electron chi connectivity index (χ0n) is 6.75. The standard InChI is InChI=1S/C9H4BrClO3/c10-7-2-4(11)1-5-6(9(12)13)3-14-8(5)7/h1-3H,(H,12,13). The lowest BCUT2D eigenvalue weighted by atomic mass is 10.2. The van der Waals surface area contributed by atoms with Gasteiger partial charge in [0.05, 0.1) is 4.47 Å². The van der Waals surface area contributed by atoms with Crippen molar-refractivity contribution in [1.82, 2.24) is 0 Å². The maximum atomic E-state index is 10.8. The number of hydrogen-bond donors (Lipinski definition) is 1. The first-order chi connectivity index (χ1) is 6.59. The van der Waals surface area contributed by atoms with Gasteiger partial charge >= 0.3 is 5.97 Å². The van der Waals surface area contributed by atoms with Gasteiger partial charge in [-0.1, -0.05) is 11.6 Å². The second-order valence-electron chi connectivity index (χ2n) is 2.72. The molecule has 0 spiro atoms. The minimum Gasteiger partial charge on any atom is -0.478 e. The van der Waals surface area contributed by atoms with E-state index < -0.39 is 5.97 Å². The summed E-state index contributed by atoms with van der Waals surface area (Å²) in [4.78, 5) is 10.8. The van der Waals surface area contributed by atoms with Crippen LogP contribution in [0.25, 0.3) is 11.0 Å². The Kier molecular flexibility index (Phi) is 2.25. The monoisotopic (exact) mass is 274 g/mol. The fraction of sp³-hybridized carbons (Fsp3) is 0. The van der Waals surface area contributed by atoms with E-state index in [9.17, 15) is 4.79 Å². The van der Waals surface area contributed by atoms with Crippen LogP contribution in [-0.4, -0.2) is 11.1 Å². The molecule has 1 aromatic carbocycles. The molecule has 1 heterocycles. The van der Waals surface area contributed by atoms with Gasteiger partial charge in [-0.25, -0.2) is 4.79 Å². The number of aromatic carboxylic acids is 1. The van der Waals surface area contributed by atoms with Crippen molar-refractivity contribution in [2.24, 2.45) is 0 Å². The van der Waals surface area contributed by atoms with Gasteiger partial charge in [0.1, 0.15) is 17.4 Å². The molecule has 3 nitrogen and oxygen atoms in total. The fourth-order valence-corrected chi connectivity index (χ4v) is 2.13. The molecule has 1 N–H and O–H groups in total. The molecule has 5 heteroatoms. The maximum absolute atomic E-state index is 10.8. The number of furan rings is 1. The Morgan fingerprint density at radius 2 is 2.21 bits per heavy atom. The molecule has 1 aromatic heterocycles. The lowest BCUT2D eigenvalue weighted by molar-refractivity contribution is 0.0698. The van der Waals surface area contributed by atoms with Crippen molar-refractivity contribution in [1.29, 1.82) is 0 Å². The summed E-state index contributed by atoms with van der Waals surface area (Å²) in [5, 5.41) is 9.80. The number of halogens is 2. The van der Waals surface area contributed by atoms with E-state index in [0.29, 0.717) is 20.5 Å². The van der Waals surface area contributed by atoms with Gasteiger partial charge in [-0.2, -0.15) is 0 Å². The lowest BCUT2D eigenvalue weighted by Crippen LogP contribution is -1.93. The first-order valence-corrected chi connectivity index (χ1v) is 4.86. The van der Waals surface area contributed by atoms with Crippen LogP contribution in [0.1, 0.15) is 10.4 Å². The van der Waals surface area contributed by atoms with E-state index in [1.807, 2.05) is 0 Å². The largest absolute Gasteiger partial charge is 0.478 e. The van der Waals surface area contributed by atoms with Gasteiger partial charge in [0.2, 0.25) is 0 Å². The Balaban J connectivity index is 2.85. The summed E-state index contributed by atoms with van der Waals surface area (Å²) in [6.45, 7) is 0. The molecule has 0 aliphatic carbocycles. The van der Waals surface area contributed by atoms with Gasteiger partial charge < -0.3 is 9.52 Å². The predicted octanol–water partition coefficient (Wildman–Crippen LogP) is 3.55. The summed E-state index contributed by atoms with van der Waals surface area (Å²) in [6, 6.07) is 3.22. The number of hydrogen-bond acceptors (Lipinski definition) is 2. The second-order valence-corrected chi connectivity index (χ2v) is 4.01. The number of rotatable bonds is 1. The molecule has 0 aliphatic rings. The first kappa shape index (κ1) is 9.55. The highest BCUT2D eigenvalue weighted by atomic mass is 79.9. The van der Waals surface area contributed by atoms with Crippen molar-refractivity contribution >= 4 is 44.5 Å². The van der Waals surface area contributed by atoms with Crippen molar-refractivity contribution in [3.63, 3.8) is 0 Å². The molecule has 0 saturated heterocycles. The average molecular weight is 275 g/mol. The van der Waals surface area contributed by atoms with E-state index in [1.54, 1.807) is 12.1 Å². The molecule has 0 unspecified atom stereocenters. The van der Waals surface area contributed by atoms with Crippen molar-refractivity contribution in [3.8, 4) is 0 Å². The molecule has 0 amide bonds. The molecule has 0 bridgehead atoms. The Morgan fingerprint density at radius 3 is 2.86 bits per heavy atom. The highest BCUT2D eigenvalue weighted by Crippen LogP contribution is 2.31. The third-order valence-corrected chi connectivity index (χ3v) is 2.63. The SMILES string of the molecule is O=C(O)c1coc2c(Br)cc(Cl)cc12. The average Bonchev–Trinajstić information content (AvgIpc) is 2.47. The topological polar surface area (TPSA) is 50.4 Å². The van der Waals surface area contributed by atoms with Gasteiger partial charge in [0.15, 0.2) is 0 Å². The van der Waals surface area contributed by atoms with E-state index in [1.165, 1.54) is 6.26 Å². The number of benzene rings is 1. The maximum Gasteiger partial charge on any atom is 0.339 e. The van der Waals surface area contributed by atoms with E-state index in [2.05, 4.69) is 15.9 Å². The number of carboxylic acid groups (broad SMARTS) is 1. The van der Waals surface area contributed by atoms with Crippen molar-refractivity contribution in [2.45, 2.75) is 0 Å². The van der Waals surface area contributed by atoms with E-state index >= 15 is 0 Å². The van der Waals surface area contributed by atoms with Crippen LogP contribution < -0.4 is 0 Å². The van der Waals surface area contributed by atoms with Gasteiger partial charge in [-0.3, -0.25) is 0 Å². The zero-order chi connectivity index (χ0) is 10.3. The van der Waals surface area contributed by atoms with E-state index in [0.717, 1.165) is 0 Å². The van der Waals surface area contributed by atoms with Crippen LogP contribution in [0.5, 0.6) is 0 Å². The Labute approximate surface area is 92.4 Å². The van der Waals surface area contributed by atoms with Crippen LogP contribution in [0.15, 0.2) is 27.3 Å². The minimum absolute atomic E-state index is 0.114. The molecule has 2 rings (SSSR count). The summed E-state index contributed by atoms with van der Waals surface area (Å²) in [5.74, 6) is -1.03. The normalized spacial score (nSPS) is 10.7.